The molecule has 0 spiro atoms. The van der Waals surface area contributed by atoms with E-state index in [9.17, 15) is 22.8 Å². The first-order valence-corrected chi connectivity index (χ1v) is 11.7. The van der Waals surface area contributed by atoms with Crippen molar-refractivity contribution in [3.05, 3.63) is 83.4 Å². The summed E-state index contributed by atoms with van der Waals surface area (Å²) in [6, 6.07) is 18.7. The van der Waals surface area contributed by atoms with Crippen molar-refractivity contribution >= 4 is 51.8 Å². The van der Waals surface area contributed by atoms with Gasteiger partial charge in [0, 0.05) is 22.4 Å². The zero-order valence-corrected chi connectivity index (χ0v) is 19.4. The molecule has 10 heteroatoms. The van der Waals surface area contributed by atoms with Crippen molar-refractivity contribution in [2.45, 2.75) is 23.0 Å². The van der Waals surface area contributed by atoms with E-state index in [4.69, 9.17) is 11.6 Å². The lowest BCUT2D eigenvalue weighted by molar-refractivity contribution is -0.137. The van der Waals surface area contributed by atoms with Gasteiger partial charge in [-0.25, -0.2) is 14.9 Å². The number of hydrogen-bond donors (Lipinski definition) is 0. The Labute approximate surface area is 206 Å². The highest BCUT2D eigenvalue weighted by Gasteiger charge is 2.41. The second-order valence-corrected chi connectivity index (χ2v) is 9.41. The Balaban J connectivity index is 1.49. The summed E-state index contributed by atoms with van der Waals surface area (Å²) in [6.45, 7) is 0. The maximum Gasteiger partial charge on any atom is 0.416 e. The molecule has 0 saturated carbocycles. The molecule has 2 amide bonds. The number of thioether (sulfide) groups is 1. The number of imide groups is 1. The van der Waals surface area contributed by atoms with E-state index in [1.807, 2.05) is 30.3 Å². The Bertz CT molecular complexity index is 1460. The van der Waals surface area contributed by atoms with E-state index in [-0.39, 0.29) is 17.3 Å². The van der Waals surface area contributed by atoms with Gasteiger partial charge in [0.05, 0.1) is 22.5 Å². The fraction of sp³-hybridized carbons (Fsp3) is 0.120. The van der Waals surface area contributed by atoms with E-state index in [0.29, 0.717) is 16.2 Å². The van der Waals surface area contributed by atoms with E-state index in [1.54, 1.807) is 18.2 Å². The van der Waals surface area contributed by atoms with Crippen LogP contribution in [0, 0.1) is 0 Å². The van der Waals surface area contributed by atoms with Crippen molar-refractivity contribution in [1.29, 1.82) is 0 Å². The first kappa shape index (κ1) is 23.3. The molecule has 176 valence electrons. The summed E-state index contributed by atoms with van der Waals surface area (Å²) in [5, 5.41) is 0.653. The summed E-state index contributed by atoms with van der Waals surface area (Å²) < 4.78 is 39.4. The van der Waals surface area contributed by atoms with Crippen LogP contribution in [0.5, 0.6) is 0 Å². The number of alkyl halides is 3. The number of carbonyl (C=O) groups is 2. The van der Waals surface area contributed by atoms with Crippen molar-refractivity contribution in [2.75, 3.05) is 4.90 Å². The van der Waals surface area contributed by atoms with Crippen LogP contribution in [0.15, 0.2) is 78.0 Å². The molecule has 0 bridgehead atoms. The van der Waals surface area contributed by atoms with Crippen LogP contribution in [0.3, 0.4) is 0 Å². The monoisotopic (exact) mass is 513 g/mol. The molecule has 4 aromatic rings. The molecule has 0 aliphatic carbocycles. The fourth-order valence-corrected chi connectivity index (χ4v) is 5.02. The summed E-state index contributed by atoms with van der Waals surface area (Å²) in [4.78, 5) is 35.7. The van der Waals surface area contributed by atoms with E-state index in [1.165, 1.54) is 12.1 Å². The zero-order valence-electron chi connectivity index (χ0n) is 17.8. The van der Waals surface area contributed by atoms with Crippen molar-refractivity contribution in [1.82, 2.24) is 9.97 Å². The molecule has 0 radical (unpaired) electrons. The quantitative estimate of drug-likeness (QED) is 0.233. The minimum atomic E-state index is -4.59. The molecule has 1 saturated heterocycles. The van der Waals surface area contributed by atoms with Gasteiger partial charge in [0.15, 0.2) is 5.16 Å². The highest BCUT2D eigenvalue weighted by Crippen LogP contribution is 2.37. The summed E-state index contributed by atoms with van der Waals surface area (Å²) in [6.07, 6.45) is -4.77. The Morgan fingerprint density at radius 1 is 0.943 bits per heavy atom. The molecule has 0 N–H and O–H groups in total. The number of benzene rings is 3. The molecule has 5 rings (SSSR count). The number of amides is 2. The third kappa shape index (κ3) is 4.61. The fourth-order valence-electron chi connectivity index (χ4n) is 3.86. The molecule has 5 nitrogen and oxygen atoms in total. The Morgan fingerprint density at radius 3 is 2.46 bits per heavy atom. The van der Waals surface area contributed by atoms with Crippen molar-refractivity contribution < 1.29 is 22.8 Å². The number of halogens is 4. The maximum absolute atomic E-state index is 13.1. The molecule has 2 heterocycles. The van der Waals surface area contributed by atoms with Gasteiger partial charge >= 0.3 is 6.18 Å². The predicted octanol–water partition coefficient (Wildman–Crippen LogP) is 6.39. The summed E-state index contributed by atoms with van der Waals surface area (Å²) >= 11 is 7.19. The smallest absolute Gasteiger partial charge is 0.274 e. The van der Waals surface area contributed by atoms with Gasteiger partial charge in [0.2, 0.25) is 11.8 Å². The number of nitrogens with zero attached hydrogens (tertiary/aromatic N) is 3. The lowest BCUT2D eigenvalue weighted by Crippen LogP contribution is -2.31. The molecule has 1 aliphatic rings. The van der Waals surface area contributed by atoms with E-state index in [2.05, 4.69) is 9.97 Å². The van der Waals surface area contributed by atoms with Gasteiger partial charge in [-0.2, -0.15) is 13.2 Å². The van der Waals surface area contributed by atoms with Crippen molar-refractivity contribution in [3.63, 3.8) is 0 Å². The van der Waals surface area contributed by atoms with Gasteiger partial charge in [0.25, 0.3) is 0 Å². The maximum atomic E-state index is 13.1. The molecule has 35 heavy (non-hydrogen) atoms. The second kappa shape index (κ2) is 8.98. The first-order chi connectivity index (χ1) is 16.7. The molecule has 0 unspecified atom stereocenters. The van der Waals surface area contributed by atoms with Crippen LogP contribution in [0.4, 0.5) is 18.9 Å². The molecular weight excluding hydrogens is 499 g/mol. The number of fused-ring (bicyclic) bond motifs is 1. The lowest BCUT2D eigenvalue weighted by atomic mass is 10.1. The summed E-state index contributed by atoms with van der Waals surface area (Å²) in [5.74, 6) is -1.19. The zero-order chi connectivity index (χ0) is 24.7. The van der Waals surface area contributed by atoms with Crippen LogP contribution >= 0.6 is 23.4 Å². The number of aromatic nitrogens is 2. The molecule has 1 aliphatic heterocycles. The molecular formula is C25H15ClF3N3O2S. The number of anilines is 1. The number of rotatable bonds is 4. The Kier molecular flexibility index (Phi) is 5.98. The first-order valence-electron chi connectivity index (χ1n) is 10.4. The Morgan fingerprint density at radius 2 is 1.71 bits per heavy atom. The van der Waals surface area contributed by atoms with Crippen LogP contribution in [0.1, 0.15) is 12.0 Å². The van der Waals surface area contributed by atoms with Crippen LogP contribution in [0.2, 0.25) is 5.02 Å². The van der Waals surface area contributed by atoms with Crippen molar-refractivity contribution in [2.24, 2.45) is 0 Å². The van der Waals surface area contributed by atoms with Crippen molar-refractivity contribution in [3.8, 4) is 11.3 Å². The normalized spacial score (nSPS) is 16.3. The van der Waals surface area contributed by atoms with E-state index >= 15 is 0 Å². The molecule has 3 aromatic carbocycles. The summed E-state index contributed by atoms with van der Waals surface area (Å²) in [7, 11) is 0. The van der Waals surface area contributed by atoms with Gasteiger partial charge in [0.1, 0.15) is 5.25 Å². The van der Waals surface area contributed by atoms with E-state index in [0.717, 1.165) is 39.7 Å². The third-order valence-electron chi connectivity index (χ3n) is 5.47. The molecule has 1 fully saturated rings. The van der Waals surface area contributed by atoms with Gasteiger partial charge in [-0.3, -0.25) is 9.59 Å². The van der Waals surface area contributed by atoms with Crippen LogP contribution in [-0.2, 0) is 15.8 Å². The summed E-state index contributed by atoms with van der Waals surface area (Å²) in [5.41, 5.74) is 1.00. The standard InChI is InChI=1S/C25H15ClF3N3O2S/c26-16-9-10-19-18(12-16)22(14-5-2-1-3-6-14)31-24(30-19)35-20-13-21(33)32(23(20)34)17-8-4-7-15(11-17)25(27,28)29/h1-12,20H,13H2/t20-/m0/s1. The SMILES string of the molecule is O=C1C[C@H](Sc2nc(-c3ccccc3)c3cc(Cl)ccc3n2)C(=O)N1c1cccc(C(F)(F)F)c1. The largest absolute Gasteiger partial charge is 0.416 e. The minimum Gasteiger partial charge on any atom is -0.274 e. The lowest BCUT2D eigenvalue weighted by Gasteiger charge is -2.17. The molecule has 1 aromatic heterocycles. The predicted molar refractivity (Wildman–Crippen MR) is 128 cm³/mol. The van der Waals surface area contributed by atoms with Gasteiger partial charge in [-0.15, -0.1) is 0 Å². The van der Waals surface area contributed by atoms with Crippen LogP contribution in [0.25, 0.3) is 22.2 Å². The van der Waals surface area contributed by atoms with Crippen LogP contribution < -0.4 is 4.90 Å². The third-order valence-corrected chi connectivity index (χ3v) is 6.75. The second-order valence-electron chi connectivity index (χ2n) is 7.81. The van der Waals surface area contributed by atoms with E-state index < -0.39 is 28.8 Å². The highest BCUT2D eigenvalue weighted by atomic mass is 35.5. The Hall–Kier alpha value is -3.43. The van der Waals surface area contributed by atoms with Gasteiger partial charge in [-0.05, 0) is 36.4 Å². The van der Waals surface area contributed by atoms with Gasteiger partial charge < -0.3 is 0 Å². The topological polar surface area (TPSA) is 63.2 Å². The number of carbonyl (C=O) groups excluding carboxylic acids is 2. The average molecular weight is 514 g/mol. The minimum absolute atomic E-state index is 0.114. The number of hydrogen-bond acceptors (Lipinski definition) is 5. The van der Waals surface area contributed by atoms with Crippen LogP contribution in [-0.4, -0.2) is 27.0 Å². The highest BCUT2D eigenvalue weighted by molar-refractivity contribution is 8.00. The molecule has 1 atom stereocenters. The average Bonchev–Trinajstić information content (AvgIpc) is 3.11. The van der Waals surface area contributed by atoms with Gasteiger partial charge in [-0.1, -0.05) is 59.8 Å².